The predicted octanol–water partition coefficient (Wildman–Crippen LogP) is 9.14. The normalized spacial score (nSPS) is 11.9. The lowest BCUT2D eigenvalue weighted by Crippen LogP contribution is -2.25. The first-order valence-electron chi connectivity index (χ1n) is 14.3. The van der Waals surface area contributed by atoms with Crippen LogP contribution >= 0.6 is 7.14 Å². The van der Waals surface area contributed by atoms with Gasteiger partial charge in [-0.2, -0.15) is 0 Å². The smallest absolute Gasteiger partial charge is 0.171 e. The molecule has 0 spiro atoms. The van der Waals surface area contributed by atoms with Gasteiger partial charge < -0.3 is 4.57 Å². The quantitative estimate of drug-likeness (QED) is 0.155. The van der Waals surface area contributed by atoms with E-state index in [1.807, 2.05) is 78.9 Å². The van der Waals surface area contributed by atoms with E-state index in [1.165, 1.54) is 12.1 Å². The summed E-state index contributed by atoms with van der Waals surface area (Å²) in [6.45, 7) is 0. The van der Waals surface area contributed by atoms with Gasteiger partial charge in [0.1, 0.15) is 5.82 Å². The van der Waals surface area contributed by atoms with Crippen LogP contribution in [0.5, 0.6) is 0 Å². The molecule has 4 heteroatoms. The molecular weight excluding hydrogens is 548 g/mol. The number of benzene rings is 7. The SMILES string of the molecule is O=P(c1ccccc1)(c1ccccc1)c1ccc2c(c1)nc(-c1ccc(F)cc1)c1c3ccccc3c3ccccc3c21. The summed E-state index contributed by atoms with van der Waals surface area (Å²) < 4.78 is 29.3. The molecule has 8 aromatic rings. The zero-order valence-corrected chi connectivity index (χ0v) is 24.0. The van der Waals surface area contributed by atoms with Crippen LogP contribution in [0, 0.1) is 5.82 Å². The van der Waals surface area contributed by atoms with Crippen molar-refractivity contribution in [3.05, 3.63) is 157 Å². The summed E-state index contributed by atoms with van der Waals surface area (Å²) in [6.07, 6.45) is 0. The second-order valence-electron chi connectivity index (χ2n) is 10.8. The highest BCUT2D eigenvalue weighted by atomic mass is 31.2. The van der Waals surface area contributed by atoms with Gasteiger partial charge in [0, 0.05) is 37.6 Å². The highest BCUT2D eigenvalue weighted by Crippen LogP contribution is 2.45. The molecule has 1 heterocycles. The molecule has 0 aliphatic carbocycles. The number of rotatable bonds is 4. The van der Waals surface area contributed by atoms with E-state index in [9.17, 15) is 4.39 Å². The first kappa shape index (κ1) is 25.6. The van der Waals surface area contributed by atoms with Crippen LogP contribution in [0.15, 0.2) is 152 Å². The number of fused-ring (bicyclic) bond motifs is 8. The Hall–Kier alpha value is -5.11. The molecule has 0 saturated heterocycles. The summed E-state index contributed by atoms with van der Waals surface area (Å²) in [7, 11) is -3.21. The predicted molar refractivity (Wildman–Crippen MR) is 179 cm³/mol. The van der Waals surface area contributed by atoms with Crippen molar-refractivity contribution in [1.29, 1.82) is 0 Å². The monoisotopic (exact) mass is 573 g/mol. The minimum atomic E-state index is -3.21. The largest absolute Gasteiger partial charge is 0.309 e. The van der Waals surface area contributed by atoms with Crippen molar-refractivity contribution in [3.8, 4) is 11.3 Å². The van der Waals surface area contributed by atoms with Crippen molar-refractivity contribution >= 4 is 66.3 Å². The van der Waals surface area contributed by atoms with Gasteiger partial charge in [0.2, 0.25) is 0 Å². The maximum absolute atomic E-state index is 15.2. The van der Waals surface area contributed by atoms with Crippen LogP contribution in [0.2, 0.25) is 0 Å². The van der Waals surface area contributed by atoms with Crippen LogP contribution in [0.4, 0.5) is 4.39 Å². The van der Waals surface area contributed by atoms with Crippen molar-refractivity contribution in [1.82, 2.24) is 4.98 Å². The van der Waals surface area contributed by atoms with Gasteiger partial charge in [-0.15, -0.1) is 0 Å². The van der Waals surface area contributed by atoms with E-state index in [1.54, 1.807) is 12.1 Å². The van der Waals surface area contributed by atoms with Crippen molar-refractivity contribution in [2.45, 2.75) is 0 Å². The van der Waals surface area contributed by atoms with Gasteiger partial charge in [-0.05, 0) is 51.9 Å². The van der Waals surface area contributed by atoms with E-state index in [4.69, 9.17) is 4.98 Å². The third-order valence-corrected chi connectivity index (χ3v) is 11.4. The molecule has 2 nitrogen and oxygen atoms in total. The molecule has 0 unspecified atom stereocenters. The average molecular weight is 574 g/mol. The van der Waals surface area contributed by atoms with Gasteiger partial charge in [-0.1, -0.05) is 121 Å². The minimum absolute atomic E-state index is 0.293. The zero-order valence-electron chi connectivity index (χ0n) is 23.1. The van der Waals surface area contributed by atoms with Crippen molar-refractivity contribution in [3.63, 3.8) is 0 Å². The number of aromatic nitrogens is 1. The van der Waals surface area contributed by atoms with Crippen LogP contribution in [-0.2, 0) is 4.57 Å². The fourth-order valence-corrected chi connectivity index (χ4v) is 9.07. The van der Waals surface area contributed by atoms with Crippen LogP contribution in [0.1, 0.15) is 0 Å². The van der Waals surface area contributed by atoms with Gasteiger partial charge in [0.15, 0.2) is 7.14 Å². The van der Waals surface area contributed by atoms with Gasteiger partial charge in [-0.3, -0.25) is 0 Å². The van der Waals surface area contributed by atoms with Gasteiger partial charge >= 0.3 is 0 Å². The molecule has 0 fully saturated rings. The summed E-state index contributed by atoms with van der Waals surface area (Å²) in [4.78, 5) is 5.28. The molecule has 1 aromatic heterocycles. The van der Waals surface area contributed by atoms with Gasteiger partial charge in [0.05, 0.1) is 11.2 Å². The van der Waals surface area contributed by atoms with Crippen LogP contribution in [-0.4, -0.2) is 4.98 Å². The summed E-state index contributed by atoms with van der Waals surface area (Å²) >= 11 is 0. The molecule has 0 bridgehead atoms. The van der Waals surface area contributed by atoms with E-state index in [0.29, 0.717) is 0 Å². The van der Waals surface area contributed by atoms with Crippen LogP contribution < -0.4 is 15.9 Å². The van der Waals surface area contributed by atoms with Crippen LogP contribution in [0.3, 0.4) is 0 Å². The molecule has 8 rings (SSSR count). The first-order chi connectivity index (χ1) is 21.1. The zero-order chi connectivity index (χ0) is 29.0. The standard InChI is InChI=1S/C39H25FNOP/c40-27-21-19-26(20-22-27)39-38-34-18-10-8-16-32(34)31-15-7-9-17-33(31)37(38)35-24-23-30(25-36(35)41-39)43(42,28-11-3-1-4-12-28)29-13-5-2-6-14-29/h1-25H. The lowest BCUT2D eigenvalue weighted by Gasteiger charge is -2.21. The minimum Gasteiger partial charge on any atom is -0.309 e. The Morgan fingerprint density at radius 1 is 0.465 bits per heavy atom. The number of hydrogen-bond acceptors (Lipinski definition) is 2. The molecule has 0 aliphatic rings. The highest BCUT2D eigenvalue weighted by molar-refractivity contribution is 7.85. The van der Waals surface area contributed by atoms with Crippen molar-refractivity contribution in [2.24, 2.45) is 0 Å². The Labute approximate surface area is 248 Å². The van der Waals surface area contributed by atoms with Gasteiger partial charge in [0.25, 0.3) is 0 Å². The Balaban J connectivity index is 1.53. The second-order valence-corrected chi connectivity index (χ2v) is 13.6. The number of hydrogen-bond donors (Lipinski definition) is 0. The lowest BCUT2D eigenvalue weighted by atomic mass is 9.90. The Morgan fingerprint density at radius 2 is 0.977 bits per heavy atom. The summed E-state index contributed by atoms with van der Waals surface area (Å²) in [6, 6.07) is 48.8. The molecule has 0 aliphatic heterocycles. The Morgan fingerprint density at radius 3 is 1.56 bits per heavy atom. The lowest BCUT2D eigenvalue weighted by molar-refractivity contribution is 0.592. The average Bonchev–Trinajstić information content (AvgIpc) is 3.08. The fraction of sp³-hybridized carbons (Fsp3) is 0. The molecule has 0 radical (unpaired) electrons. The summed E-state index contributed by atoms with van der Waals surface area (Å²) in [5, 5.41) is 9.87. The Bertz CT molecular complexity index is 2330. The maximum Gasteiger partial charge on any atom is 0.171 e. The molecule has 7 aromatic carbocycles. The molecule has 0 saturated carbocycles. The van der Waals surface area contributed by atoms with E-state index >= 15 is 4.57 Å². The van der Waals surface area contributed by atoms with Gasteiger partial charge in [-0.25, -0.2) is 9.37 Å². The maximum atomic E-state index is 15.2. The van der Waals surface area contributed by atoms with Crippen molar-refractivity contribution in [2.75, 3.05) is 0 Å². The molecule has 0 amide bonds. The van der Waals surface area contributed by atoms with E-state index in [2.05, 4.69) is 48.5 Å². The number of nitrogens with zero attached hydrogens (tertiary/aromatic N) is 1. The Kier molecular flexibility index (Phi) is 5.96. The van der Waals surface area contributed by atoms with Crippen LogP contribution in [0.25, 0.3) is 54.5 Å². The third-order valence-electron chi connectivity index (χ3n) is 8.37. The third kappa shape index (κ3) is 4.00. The highest BCUT2D eigenvalue weighted by Gasteiger charge is 2.30. The molecule has 0 N–H and O–H groups in total. The molecule has 0 atom stereocenters. The number of pyridine rings is 1. The summed E-state index contributed by atoms with van der Waals surface area (Å²) in [5.41, 5.74) is 2.35. The molecule has 43 heavy (non-hydrogen) atoms. The second kappa shape index (κ2) is 10.0. The van der Waals surface area contributed by atoms with E-state index < -0.39 is 7.14 Å². The summed E-state index contributed by atoms with van der Waals surface area (Å²) in [5.74, 6) is -0.293. The van der Waals surface area contributed by atoms with E-state index in [0.717, 1.165) is 70.4 Å². The fourth-order valence-electron chi connectivity index (χ4n) is 6.40. The number of halogens is 1. The van der Waals surface area contributed by atoms with Crippen molar-refractivity contribution < 1.29 is 8.96 Å². The topological polar surface area (TPSA) is 30.0 Å². The molecule has 204 valence electrons. The first-order valence-corrected chi connectivity index (χ1v) is 16.0. The molecular formula is C39H25FNOP. The van der Waals surface area contributed by atoms with E-state index in [-0.39, 0.29) is 5.82 Å².